The highest BCUT2D eigenvalue weighted by Gasteiger charge is 2.26. The van der Waals surface area contributed by atoms with Crippen molar-refractivity contribution in [2.24, 2.45) is 0 Å². The molecule has 0 saturated carbocycles. The number of benzene rings is 2. The third-order valence-electron chi connectivity index (χ3n) is 12.6. The number of nitriles is 2. The molecule has 0 unspecified atom stereocenters. The Morgan fingerprint density at radius 3 is 1.64 bits per heavy atom. The standard InChI is InChI=1S/C25H22FN11O.C24H23FN10O.CBrN/c1-15-11-35(7-8-36(15)12-27)25-28-10-19-23(34-25)24(31-13-29-19)33-18-3-4-20(16(2)22(18)26)38-17-5-6-37-21(9-17)30-14-32-37;1-14-11-34(8-6-26-14)24-27-10-18-22(33-24)23(30-12-28-18)32-17-3-4-19(15(2)21(17)25)36-16-5-7-35-20(9-16)29-13-31-35;2-1-3/h3-6,9-10,13-15H,7-8,11H2,1-2H3,(H,29,31,33);3-5,7,9-10,12-14,26H,6,8,11H2,1-2H3,(H,28,30,32);/t15-;14-;/m11./s1. The summed E-state index contributed by atoms with van der Waals surface area (Å²) >= 11 is 2.45. The summed E-state index contributed by atoms with van der Waals surface area (Å²) in [6.07, 6.45) is 14.6. The quantitative estimate of drug-likeness (QED) is 0.112. The molecule has 2 fully saturated rings. The predicted molar refractivity (Wildman–Crippen MR) is 283 cm³/mol. The van der Waals surface area contributed by atoms with Crippen molar-refractivity contribution in [1.29, 1.82) is 10.5 Å². The summed E-state index contributed by atoms with van der Waals surface area (Å²) in [4.78, 5) is 51.2. The van der Waals surface area contributed by atoms with Gasteiger partial charge in [-0.05, 0) is 64.1 Å². The summed E-state index contributed by atoms with van der Waals surface area (Å²) in [5.74, 6) is 2.75. The molecule has 0 spiro atoms. The van der Waals surface area contributed by atoms with Gasteiger partial charge >= 0.3 is 0 Å². The average Bonchev–Trinajstić information content (AvgIpc) is 4.15. The maximum absolute atomic E-state index is 15.5. The van der Waals surface area contributed by atoms with E-state index in [0.717, 1.165) is 19.6 Å². The molecule has 0 radical (unpaired) electrons. The van der Waals surface area contributed by atoms with Crippen molar-refractivity contribution in [2.75, 3.05) is 59.7 Å². The molecule has 2 aliphatic rings. The first-order valence-corrected chi connectivity index (χ1v) is 24.7. The van der Waals surface area contributed by atoms with Gasteiger partial charge in [0.2, 0.25) is 11.9 Å². The van der Waals surface area contributed by atoms with Crippen LogP contribution in [0.25, 0.3) is 33.4 Å². The van der Waals surface area contributed by atoms with Crippen LogP contribution in [0, 0.1) is 47.2 Å². The molecule has 2 saturated heterocycles. The summed E-state index contributed by atoms with van der Waals surface area (Å²) in [7, 11) is 0. The average molecular weight is 1100 g/mol. The number of hydrogen-bond donors (Lipinski definition) is 3. The molecule has 0 bridgehead atoms. The van der Waals surface area contributed by atoms with Crippen LogP contribution in [0.2, 0.25) is 0 Å². The molecule has 0 amide bonds. The van der Waals surface area contributed by atoms with E-state index in [0.29, 0.717) is 117 Å². The Balaban J connectivity index is 0.000000166. The number of piperazine rings is 2. The fraction of sp³-hybridized carbons (Fsp3) is 0.240. The van der Waals surface area contributed by atoms with Crippen LogP contribution in [0.5, 0.6) is 23.0 Å². The smallest absolute Gasteiger partial charge is 0.226 e. The van der Waals surface area contributed by atoms with Gasteiger partial charge in [0.25, 0.3) is 0 Å². The zero-order valence-electron chi connectivity index (χ0n) is 41.6. The van der Waals surface area contributed by atoms with Gasteiger partial charge in [-0.15, -0.1) is 0 Å². The number of nitrogens with zero attached hydrogens (tertiary/aromatic N) is 19. The molecule has 12 rings (SSSR count). The number of halogens is 3. The van der Waals surface area contributed by atoms with E-state index in [1.807, 2.05) is 11.8 Å². The van der Waals surface area contributed by atoms with Crippen molar-refractivity contribution in [3.8, 4) is 34.2 Å². The number of ether oxygens (including phenoxy) is 2. The Morgan fingerprint density at radius 2 is 1.16 bits per heavy atom. The first kappa shape index (κ1) is 50.9. The zero-order chi connectivity index (χ0) is 53.6. The van der Waals surface area contributed by atoms with Crippen LogP contribution in [0.1, 0.15) is 25.0 Å². The second-order valence-electron chi connectivity index (χ2n) is 17.6. The minimum atomic E-state index is -0.478. The molecule has 2 atom stereocenters. The molecule has 77 heavy (non-hydrogen) atoms. The Bertz CT molecular complexity index is 3870. The largest absolute Gasteiger partial charge is 0.457 e. The maximum atomic E-state index is 15.5. The van der Waals surface area contributed by atoms with Crippen molar-refractivity contribution >= 4 is 84.2 Å². The molecular weight excluding hydrogens is 1060 g/mol. The predicted octanol–water partition coefficient (Wildman–Crippen LogP) is 7.54. The number of hydrogen-bond acceptors (Lipinski definition) is 22. The Labute approximate surface area is 445 Å². The molecule has 10 heterocycles. The molecule has 24 nitrogen and oxygen atoms in total. The molecule has 0 aliphatic carbocycles. The Hall–Kier alpha value is -9.60. The summed E-state index contributed by atoms with van der Waals surface area (Å²) in [6.45, 7) is 11.7. The van der Waals surface area contributed by atoms with E-state index >= 15 is 8.78 Å². The third kappa shape index (κ3) is 11.1. The van der Waals surface area contributed by atoms with Crippen LogP contribution in [0.4, 0.5) is 43.7 Å². The maximum Gasteiger partial charge on any atom is 0.226 e. The van der Waals surface area contributed by atoms with Crippen molar-refractivity contribution in [1.82, 2.24) is 79.3 Å². The van der Waals surface area contributed by atoms with Gasteiger partial charge < -0.3 is 40.1 Å². The summed E-state index contributed by atoms with van der Waals surface area (Å²) < 4.78 is 45.9. The summed E-state index contributed by atoms with van der Waals surface area (Å²) in [5, 5.41) is 34.2. The molecule has 2 aromatic carbocycles. The van der Waals surface area contributed by atoms with Gasteiger partial charge in [0.05, 0.1) is 29.8 Å². The minimum absolute atomic E-state index is 0.0359. The number of anilines is 6. The third-order valence-corrected chi connectivity index (χ3v) is 12.6. The second kappa shape index (κ2) is 22.5. The number of rotatable bonds is 10. The number of pyridine rings is 2. The number of fused-ring (bicyclic) bond motifs is 4. The van der Waals surface area contributed by atoms with Crippen LogP contribution in [0.15, 0.2) is 98.6 Å². The topological polar surface area (TPSA) is 275 Å². The number of aromatic nitrogens is 14. The first-order valence-electron chi connectivity index (χ1n) is 23.9. The molecule has 27 heteroatoms. The lowest BCUT2D eigenvalue weighted by atomic mass is 10.1. The lowest BCUT2D eigenvalue weighted by molar-refractivity contribution is 0.276. The van der Waals surface area contributed by atoms with Crippen LogP contribution in [-0.2, 0) is 0 Å². The van der Waals surface area contributed by atoms with Crippen LogP contribution >= 0.6 is 15.9 Å². The molecule has 10 aromatic rings. The summed E-state index contributed by atoms with van der Waals surface area (Å²) in [6, 6.07) is 13.9. The molecule has 8 aromatic heterocycles. The molecule has 388 valence electrons. The van der Waals surface area contributed by atoms with E-state index in [2.05, 4.69) is 100.0 Å². The van der Waals surface area contributed by atoms with Gasteiger partial charge in [-0.1, -0.05) is 0 Å². The Morgan fingerprint density at radius 1 is 0.649 bits per heavy atom. The van der Waals surface area contributed by atoms with E-state index in [1.165, 1.54) is 25.3 Å². The van der Waals surface area contributed by atoms with Gasteiger partial charge in [0.1, 0.15) is 75.4 Å². The highest BCUT2D eigenvalue weighted by Crippen LogP contribution is 2.35. The Kier molecular flexibility index (Phi) is 14.9. The van der Waals surface area contributed by atoms with E-state index in [4.69, 9.17) is 24.7 Å². The monoisotopic (exact) mass is 1100 g/mol. The van der Waals surface area contributed by atoms with Crippen molar-refractivity contribution in [3.63, 3.8) is 0 Å². The zero-order valence-corrected chi connectivity index (χ0v) is 43.2. The SMILES string of the molecule is Cc1c(Oc2ccn3ncnc3c2)ccc(Nc2ncnc3cnc(N4CCN(C#N)[C@H](C)C4)nc23)c1F.Cc1c(Oc2ccn3ncnc3c2)ccc(Nc2ncnc3cnc(N4CCN[C@H](C)C4)nc23)c1F.N#CBr. The highest BCUT2D eigenvalue weighted by molar-refractivity contribution is 9.12. The van der Waals surface area contributed by atoms with Gasteiger partial charge in [-0.3, -0.25) is 0 Å². The van der Waals surface area contributed by atoms with Crippen molar-refractivity contribution < 1.29 is 18.3 Å². The number of nitrogens with one attached hydrogen (secondary N) is 3. The van der Waals surface area contributed by atoms with Crippen LogP contribution in [-0.4, -0.2) is 125 Å². The van der Waals surface area contributed by atoms with E-state index < -0.39 is 11.6 Å². The fourth-order valence-corrected chi connectivity index (χ4v) is 8.56. The van der Waals surface area contributed by atoms with E-state index in [1.54, 1.807) is 106 Å². The first-order chi connectivity index (χ1) is 37.5. The van der Waals surface area contributed by atoms with E-state index in [-0.39, 0.29) is 17.4 Å². The van der Waals surface area contributed by atoms with Crippen LogP contribution < -0.4 is 35.2 Å². The summed E-state index contributed by atoms with van der Waals surface area (Å²) in [5.41, 5.74) is 4.49. The van der Waals surface area contributed by atoms with Crippen molar-refractivity contribution in [2.45, 2.75) is 39.8 Å². The van der Waals surface area contributed by atoms with Crippen LogP contribution in [0.3, 0.4) is 0 Å². The van der Waals surface area contributed by atoms with Crippen molar-refractivity contribution in [3.05, 3.63) is 121 Å². The normalized spacial score (nSPS) is 15.3. The lowest BCUT2D eigenvalue weighted by Crippen LogP contribution is -2.50. The van der Waals surface area contributed by atoms with Gasteiger partial charge in [-0.2, -0.15) is 20.7 Å². The molecule has 3 N–H and O–H groups in total. The van der Waals surface area contributed by atoms with Gasteiger partial charge in [-0.25, -0.2) is 67.7 Å². The fourth-order valence-electron chi connectivity index (χ4n) is 8.56. The van der Waals surface area contributed by atoms with Gasteiger partial charge in [0.15, 0.2) is 40.8 Å². The molecule has 2 aliphatic heterocycles. The van der Waals surface area contributed by atoms with Gasteiger partial charge in [0, 0.05) is 96.9 Å². The molecular formula is C50H45BrF2N22O2. The van der Waals surface area contributed by atoms with E-state index in [9.17, 15) is 5.26 Å². The lowest BCUT2D eigenvalue weighted by Gasteiger charge is -2.36. The highest BCUT2D eigenvalue weighted by atomic mass is 79.9. The second-order valence-corrected chi connectivity index (χ2v) is 18.0. The minimum Gasteiger partial charge on any atom is -0.457 e.